The fourth-order valence-corrected chi connectivity index (χ4v) is 4.92. The topological polar surface area (TPSA) is 72.9 Å². The van der Waals surface area contributed by atoms with Gasteiger partial charge in [0.2, 0.25) is 11.8 Å². The van der Waals surface area contributed by atoms with E-state index < -0.39 is 53.1 Å². The van der Waals surface area contributed by atoms with E-state index in [4.69, 9.17) is 9.47 Å². The van der Waals surface area contributed by atoms with Crippen molar-refractivity contribution in [2.45, 2.75) is 37.6 Å². The number of hydrogen-bond acceptors (Lipinski definition) is 5. The third kappa shape index (κ3) is 2.76. The average Bonchev–Trinajstić information content (AvgIpc) is 3.24. The van der Waals surface area contributed by atoms with Gasteiger partial charge in [-0.2, -0.15) is 13.2 Å². The van der Waals surface area contributed by atoms with Gasteiger partial charge in [0, 0.05) is 11.4 Å². The molecule has 2 amide bonds. The van der Waals surface area contributed by atoms with Gasteiger partial charge in [0.05, 0.1) is 29.2 Å². The molecule has 0 aliphatic carbocycles. The normalized spacial score (nSPS) is 31.5. The van der Waals surface area contributed by atoms with Gasteiger partial charge in [-0.3, -0.25) is 14.4 Å². The van der Waals surface area contributed by atoms with Crippen molar-refractivity contribution in [1.29, 1.82) is 0 Å². The predicted molar refractivity (Wildman–Crippen MR) is 92.1 cm³/mol. The fraction of sp³-hybridized carbons (Fsp3) is 0.500. The van der Waals surface area contributed by atoms with Gasteiger partial charge in [-0.25, -0.2) is 4.90 Å². The first-order valence-electron chi connectivity index (χ1n) is 8.61. The first kappa shape index (κ1) is 19.4. The van der Waals surface area contributed by atoms with Crippen molar-refractivity contribution >= 4 is 39.4 Å². The van der Waals surface area contributed by atoms with E-state index in [-0.39, 0.29) is 16.8 Å². The number of imide groups is 1. The lowest BCUT2D eigenvalue weighted by Gasteiger charge is -2.30. The SMILES string of the molecule is CC(=O)OCC12CCC(O1)C1C(=O)N(c3ccc(Br)c(C(F)(F)F)c3)C(=O)[C@@H]12. The molecule has 3 aliphatic rings. The number of nitrogens with zero attached hydrogens (tertiary/aromatic N) is 1. The largest absolute Gasteiger partial charge is 0.463 e. The Labute approximate surface area is 166 Å². The Morgan fingerprint density at radius 2 is 2.07 bits per heavy atom. The van der Waals surface area contributed by atoms with E-state index in [0.29, 0.717) is 12.8 Å². The van der Waals surface area contributed by atoms with E-state index >= 15 is 0 Å². The van der Waals surface area contributed by atoms with Crippen molar-refractivity contribution < 1.29 is 37.0 Å². The summed E-state index contributed by atoms with van der Waals surface area (Å²) in [5.74, 6) is -3.41. The molecule has 6 nitrogen and oxygen atoms in total. The van der Waals surface area contributed by atoms with Crippen molar-refractivity contribution in [2.24, 2.45) is 11.8 Å². The summed E-state index contributed by atoms with van der Waals surface area (Å²) >= 11 is 2.85. The number of hydrogen-bond donors (Lipinski definition) is 0. The lowest BCUT2D eigenvalue weighted by atomic mass is 9.73. The van der Waals surface area contributed by atoms with Crippen LogP contribution < -0.4 is 4.90 Å². The number of halogens is 4. The molecule has 28 heavy (non-hydrogen) atoms. The zero-order chi connectivity index (χ0) is 20.4. The van der Waals surface area contributed by atoms with Crippen LogP contribution in [0.5, 0.6) is 0 Å². The molecule has 0 N–H and O–H groups in total. The van der Waals surface area contributed by atoms with Gasteiger partial charge in [-0.15, -0.1) is 0 Å². The Morgan fingerprint density at radius 1 is 1.36 bits per heavy atom. The smallest absolute Gasteiger partial charge is 0.417 e. The molecule has 0 radical (unpaired) electrons. The van der Waals surface area contributed by atoms with Crippen LogP contribution in [0.1, 0.15) is 25.3 Å². The zero-order valence-corrected chi connectivity index (χ0v) is 16.2. The molecule has 3 heterocycles. The first-order valence-corrected chi connectivity index (χ1v) is 9.40. The molecule has 3 saturated heterocycles. The molecule has 0 aromatic heterocycles. The number of esters is 1. The van der Waals surface area contributed by atoms with Crippen LogP contribution in [0.3, 0.4) is 0 Å². The van der Waals surface area contributed by atoms with Crippen molar-refractivity contribution in [3.8, 4) is 0 Å². The van der Waals surface area contributed by atoms with Gasteiger partial charge in [0.1, 0.15) is 12.2 Å². The number of alkyl halides is 3. The second kappa shape index (κ2) is 6.28. The number of carbonyl (C=O) groups excluding carboxylic acids is 3. The molecule has 150 valence electrons. The monoisotopic (exact) mass is 461 g/mol. The maximum Gasteiger partial charge on any atom is 0.417 e. The number of rotatable bonds is 3. The lowest BCUT2D eigenvalue weighted by Crippen LogP contribution is -2.45. The number of carbonyl (C=O) groups is 3. The van der Waals surface area contributed by atoms with E-state index in [2.05, 4.69) is 15.9 Å². The second-order valence-electron chi connectivity index (χ2n) is 7.22. The van der Waals surface area contributed by atoms with Gasteiger partial charge in [0.25, 0.3) is 0 Å². The van der Waals surface area contributed by atoms with Crippen LogP contribution >= 0.6 is 15.9 Å². The average molecular weight is 462 g/mol. The highest BCUT2D eigenvalue weighted by Crippen LogP contribution is 2.56. The molecule has 4 rings (SSSR count). The summed E-state index contributed by atoms with van der Waals surface area (Å²) in [5.41, 5.74) is -2.22. The minimum Gasteiger partial charge on any atom is -0.463 e. The molecule has 0 saturated carbocycles. The molecule has 1 aromatic carbocycles. The van der Waals surface area contributed by atoms with Crippen LogP contribution in [-0.2, 0) is 30.0 Å². The van der Waals surface area contributed by atoms with Crippen molar-refractivity contribution in [3.63, 3.8) is 0 Å². The van der Waals surface area contributed by atoms with Crippen molar-refractivity contribution in [1.82, 2.24) is 0 Å². The van der Waals surface area contributed by atoms with Crippen molar-refractivity contribution in [3.05, 3.63) is 28.2 Å². The van der Waals surface area contributed by atoms with E-state index in [1.807, 2.05) is 0 Å². The summed E-state index contributed by atoms with van der Waals surface area (Å²) in [6, 6.07) is 3.23. The van der Waals surface area contributed by atoms with E-state index in [9.17, 15) is 27.6 Å². The summed E-state index contributed by atoms with van der Waals surface area (Å²) in [6.45, 7) is 1.06. The highest BCUT2D eigenvalue weighted by atomic mass is 79.9. The molecule has 3 unspecified atom stereocenters. The maximum absolute atomic E-state index is 13.2. The number of benzene rings is 1. The number of anilines is 1. The molecule has 1 aromatic rings. The van der Waals surface area contributed by atoms with Crippen LogP contribution in [-0.4, -0.2) is 36.1 Å². The Kier molecular flexibility index (Phi) is 4.35. The molecule has 4 atom stereocenters. The molecule has 0 spiro atoms. The summed E-state index contributed by atoms with van der Waals surface area (Å²) in [6.07, 6.45) is -4.20. The standard InChI is InChI=1S/C18H15BrF3NO5/c1-8(24)27-7-17-5-4-12(28-17)13-14(17)16(26)23(15(13)25)9-2-3-11(19)10(6-9)18(20,21)22/h2-3,6,12-14H,4-5,7H2,1H3/t12?,13?,14-,17?/m1/s1. The summed E-state index contributed by atoms with van der Waals surface area (Å²) in [7, 11) is 0. The Balaban J connectivity index is 1.70. The summed E-state index contributed by atoms with van der Waals surface area (Å²) in [5, 5.41) is 0. The molecule has 3 aliphatic heterocycles. The van der Waals surface area contributed by atoms with Gasteiger partial charge >= 0.3 is 12.1 Å². The van der Waals surface area contributed by atoms with Gasteiger partial charge in [-0.1, -0.05) is 15.9 Å². The highest BCUT2D eigenvalue weighted by Gasteiger charge is 2.70. The highest BCUT2D eigenvalue weighted by molar-refractivity contribution is 9.10. The fourth-order valence-electron chi connectivity index (χ4n) is 4.45. The van der Waals surface area contributed by atoms with Crippen LogP contribution in [0, 0.1) is 11.8 Å². The zero-order valence-electron chi connectivity index (χ0n) is 14.6. The van der Waals surface area contributed by atoms with E-state index in [1.54, 1.807) is 0 Å². The molecular formula is C18H15BrF3NO5. The van der Waals surface area contributed by atoms with Gasteiger partial charge < -0.3 is 9.47 Å². The molecule has 10 heteroatoms. The first-order chi connectivity index (χ1) is 13.0. The number of ether oxygens (including phenoxy) is 2. The third-order valence-electron chi connectivity index (χ3n) is 5.59. The van der Waals surface area contributed by atoms with Gasteiger partial charge in [0.15, 0.2) is 0 Å². The van der Waals surface area contributed by atoms with E-state index in [1.165, 1.54) is 13.0 Å². The third-order valence-corrected chi connectivity index (χ3v) is 6.28. The quantitative estimate of drug-likeness (QED) is 0.510. The Bertz CT molecular complexity index is 888. The second-order valence-corrected chi connectivity index (χ2v) is 8.07. The van der Waals surface area contributed by atoms with Crippen LogP contribution in [0.25, 0.3) is 0 Å². The Morgan fingerprint density at radius 3 is 2.71 bits per heavy atom. The van der Waals surface area contributed by atoms with Crippen LogP contribution in [0.2, 0.25) is 0 Å². The maximum atomic E-state index is 13.2. The lowest BCUT2D eigenvalue weighted by molar-refractivity contribution is -0.153. The summed E-state index contributed by atoms with van der Waals surface area (Å²) in [4.78, 5) is 38.0. The van der Waals surface area contributed by atoms with Gasteiger partial charge in [-0.05, 0) is 31.0 Å². The Hall–Kier alpha value is -1.94. The molecule has 3 fully saturated rings. The predicted octanol–water partition coefficient (Wildman–Crippen LogP) is 3.07. The molecular weight excluding hydrogens is 447 g/mol. The van der Waals surface area contributed by atoms with E-state index in [0.717, 1.165) is 17.0 Å². The number of fused-ring (bicyclic) bond motifs is 5. The van der Waals surface area contributed by atoms with Crippen LogP contribution in [0.4, 0.5) is 18.9 Å². The summed E-state index contributed by atoms with van der Waals surface area (Å²) < 4.78 is 50.4. The van der Waals surface area contributed by atoms with Crippen molar-refractivity contribution in [2.75, 3.05) is 11.5 Å². The minimum atomic E-state index is -4.64. The minimum absolute atomic E-state index is 0.137. The number of amides is 2. The van der Waals surface area contributed by atoms with Crippen LogP contribution in [0.15, 0.2) is 22.7 Å². The molecule has 2 bridgehead atoms.